The van der Waals surface area contributed by atoms with Gasteiger partial charge in [0.25, 0.3) is 0 Å². The first-order valence-electron chi connectivity index (χ1n) is 10.7. The predicted octanol–water partition coefficient (Wildman–Crippen LogP) is 6.16. The maximum Gasteiger partial charge on any atom is 0.344 e. The third-order valence-corrected chi connectivity index (χ3v) is 6.24. The van der Waals surface area contributed by atoms with Gasteiger partial charge in [-0.2, -0.15) is 0 Å². The second-order valence-corrected chi connectivity index (χ2v) is 8.78. The second-order valence-electron chi connectivity index (χ2n) is 8.34. The minimum Gasteiger partial charge on any atom is -0.479 e. The first-order valence-corrected chi connectivity index (χ1v) is 11.0. The predicted molar refractivity (Wildman–Crippen MR) is 121 cm³/mol. The van der Waals surface area contributed by atoms with Crippen molar-refractivity contribution >= 4 is 17.6 Å². The maximum absolute atomic E-state index is 16.3. The fourth-order valence-electron chi connectivity index (χ4n) is 4.18. The number of para-hydroxylation sites is 1. The number of alkyl halides is 1. The molecule has 1 unspecified atom stereocenters. The van der Waals surface area contributed by atoms with Crippen molar-refractivity contribution in [2.24, 2.45) is 5.92 Å². The quantitative estimate of drug-likeness (QED) is 0.391. The molecule has 33 heavy (non-hydrogen) atoms. The van der Waals surface area contributed by atoms with Crippen molar-refractivity contribution in [3.8, 4) is 11.5 Å². The summed E-state index contributed by atoms with van der Waals surface area (Å²) in [7, 11) is 0. The molecular formula is C26H23ClF2O4. The van der Waals surface area contributed by atoms with E-state index in [1.54, 1.807) is 54.6 Å². The van der Waals surface area contributed by atoms with Crippen LogP contribution >= 0.6 is 11.6 Å². The Morgan fingerprint density at radius 3 is 2.36 bits per heavy atom. The van der Waals surface area contributed by atoms with Gasteiger partial charge in [-0.3, -0.25) is 0 Å². The zero-order valence-corrected chi connectivity index (χ0v) is 18.4. The molecule has 1 fully saturated rings. The number of rotatable bonds is 9. The molecule has 0 aliphatic heterocycles. The summed E-state index contributed by atoms with van der Waals surface area (Å²) in [5.41, 5.74) is -2.12. The summed E-state index contributed by atoms with van der Waals surface area (Å²) in [4.78, 5) is 12.2. The number of benzene rings is 3. The smallest absolute Gasteiger partial charge is 0.344 e. The number of hydrogen-bond acceptors (Lipinski definition) is 3. The minimum absolute atomic E-state index is 0.0953. The molecule has 0 amide bonds. The molecular weight excluding hydrogens is 450 g/mol. The van der Waals surface area contributed by atoms with Gasteiger partial charge in [-0.05, 0) is 66.3 Å². The number of aliphatic hydroxyl groups excluding tert-OH is 1. The van der Waals surface area contributed by atoms with Crippen molar-refractivity contribution in [1.82, 2.24) is 0 Å². The fraction of sp³-hybridized carbons (Fsp3) is 0.269. The first kappa shape index (κ1) is 23.2. The van der Waals surface area contributed by atoms with E-state index >= 15 is 4.39 Å². The van der Waals surface area contributed by atoms with Crippen LogP contribution in [0.4, 0.5) is 8.78 Å². The van der Waals surface area contributed by atoms with E-state index in [1.165, 1.54) is 12.1 Å². The SMILES string of the molecule is O=C(O)[C@@](F)(C(O)Cc1ccc(F)c(Oc2ccccc2)c1)[C@H](c1ccc(Cl)cc1)C1CC1. The standard InChI is InChI=1S/C26H23ClF2O4/c27-19-11-9-18(10-12-19)24(17-7-8-17)26(29,25(31)32)23(30)15-16-6-13-21(28)22(14-16)33-20-4-2-1-3-5-20/h1-6,9-14,17,23-24,30H,7-8,15H2,(H,31,32)/t23?,24-,26+/m0/s1. The van der Waals surface area contributed by atoms with Crippen LogP contribution in [0.15, 0.2) is 72.8 Å². The van der Waals surface area contributed by atoms with Gasteiger partial charge in [0.1, 0.15) is 11.9 Å². The van der Waals surface area contributed by atoms with Crippen LogP contribution < -0.4 is 4.74 Å². The fourth-order valence-corrected chi connectivity index (χ4v) is 4.31. The third-order valence-electron chi connectivity index (χ3n) is 5.98. The number of carboxylic acids is 1. The number of ether oxygens (including phenoxy) is 1. The Bertz CT molecular complexity index is 1120. The highest BCUT2D eigenvalue weighted by molar-refractivity contribution is 6.30. The molecule has 4 rings (SSSR count). The lowest BCUT2D eigenvalue weighted by Gasteiger charge is -2.35. The van der Waals surface area contributed by atoms with E-state index in [9.17, 15) is 19.4 Å². The maximum atomic E-state index is 16.3. The van der Waals surface area contributed by atoms with Gasteiger partial charge in [-0.25, -0.2) is 13.6 Å². The molecule has 3 aromatic carbocycles. The average Bonchev–Trinajstić information content (AvgIpc) is 3.63. The third kappa shape index (κ3) is 5.02. The number of hydrogen-bond donors (Lipinski definition) is 2. The van der Waals surface area contributed by atoms with Crippen molar-refractivity contribution < 1.29 is 28.5 Å². The van der Waals surface area contributed by atoms with E-state index in [-0.39, 0.29) is 18.1 Å². The van der Waals surface area contributed by atoms with Gasteiger partial charge in [0.05, 0.1) is 0 Å². The number of carbonyl (C=O) groups is 1. The molecule has 4 nitrogen and oxygen atoms in total. The van der Waals surface area contributed by atoms with Crippen molar-refractivity contribution in [3.05, 3.63) is 94.8 Å². The van der Waals surface area contributed by atoms with Crippen LogP contribution in [0.2, 0.25) is 5.02 Å². The van der Waals surface area contributed by atoms with Crippen LogP contribution in [0.3, 0.4) is 0 Å². The van der Waals surface area contributed by atoms with Crippen molar-refractivity contribution in [2.75, 3.05) is 0 Å². The topological polar surface area (TPSA) is 66.8 Å². The Labute approximate surface area is 195 Å². The molecule has 0 heterocycles. The highest BCUT2D eigenvalue weighted by Gasteiger charge is 2.57. The monoisotopic (exact) mass is 472 g/mol. The summed E-state index contributed by atoms with van der Waals surface area (Å²) in [5.74, 6) is -3.28. The van der Waals surface area contributed by atoms with Gasteiger partial charge < -0.3 is 14.9 Å². The highest BCUT2D eigenvalue weighted by Crippen LogP contribution is 2.51. The average molecular weight is 473 g/mol. The Balaban J connectivity index is 1.62. The Morgan fingerprint density at radius 2 is 1.76 bits per heavy atom. The second kappa shape index (κ2) is 9.49. The lowest BCUT2D eigenvalue weighted by molar-refractivity contribution is -0.163. The van der Waals surface area contributed by atoms with Crippen molar-refractivity contribution in [3.63, 3.8) is 0 Å². The molecule has 0 saturated heterocycles. The van der Waals surface area contributed by atoms with Gasteiger partial charge in [-0.15, -0.1) is 0 Å². The van der Waals surface area contributed by atoms with E-state index < -0.39 is 29.5 Å². The van der Waals surface area contributed by atoms with Gasteiger partial charge in [0, 0.05) is 17.4 Å². The van der Waals surface area contributed by atoms with Crippen LogP contribution in [0.5, 0.6) is 11.5 Å². The van der Waals surface area contributed by atoms with E-state index in [4.69, 9.17) is 16.3 Å². The van der Waals surface area contributed by atoms with Crippen molar-refractivity contribution in [2.45, 2.75) is 37.0 Å². The van der Waals surface area contributed by atoms with E-state index in [1.807, 2.05) is 0 Å². The number of halogens is 3. The van der Waals surface area contributed by atoms with Gasteiger partial charge >= 0.3 is 5.97 Å². The highest BCUT2D eigenvalue weighted by atomic mass is 35.5. The summed E-state index contributed by atoms with van der Waals surface area (Å²) in [6.07, 6.45) is -0.855. The Hall–Kier alpha value is -2.96. The van der Waals surface area contributed by atoms with Gasteiger partial charge in [0.15, 0.2) is 11.6 Å². The summed E-state index contributed by atoms with van der Waals surface area (Å²) in [6.45, 7) is 0. The van der Waals surface area contributed by atoms with Crippen molar-refractivity contribution in [1.29, 1.82) is 0 Å². The molecule has 0 aromatic heterocycles. The molecule has 0 bridgehead atoms. The number of carboxylic acid groups (broad SMARTS) is 1. The molecule has 1 aliphatic carbocycles. The van der Waals surface area contributed by atoms with Gasteiger partial charge in [-0.1, -0.05) is 48.0 Å². The van der Waals surface area contributed by atoms with E-state index in [0.29, 0.717) is 34.7 Å². The Morgan fingerprint density at radius 1 is 1.09 bits per heavy atom. The molecule has 7 heteroatoms. The van der Waals surface area contributed by atoms with Crippen LogP contribution in [-0.2, 0) is 11.2 Å². The summed E-state index contributed by atoms with van der Waals surface area (Å²) in [5, 5.41) is 21.2. The lowest BCUT2D eigenvalue weighted by atomic mass is 9.75. The van der Waals surface area contributed by atoms with Crippen LogP contribution in [-0.4, -0.2) is 28.0 Å². The number of aliphatic carboxylic acids is 1. The van der Waals surface area contributed by atoms with Crippen LogP contribution in [0.1, 0.15) is 29.9 Å². The summed E-state index contributed by atoms with van der Waals surface area (Å²) < 4.78 is 36.1. The normalized spacial score (nSPS) is 17.1. The largest absolute Gasteiger partial charge is 0.479 e. The molecule has 3 atom stereocenters. The molecule has 2 N–H and O–H groups in total. The summed E-state index contributed by atoms with van der Waals surface area (Å²) in [6, 6.07) is 18.8. The first-order chi connectivity index (χ1) is 15.8. The zero-order chi connectivity index (χ0) is 23.6. The Kier molecular flexibility index (Phi) is 6.68. The molecule has 0 spiro atoms. The van der Waals surface area contributed by atoms with Crippen LogP contribution in [0.25, 0.3) is 0 Å². The molecule has 3 aromatic rings. The van der Waals surface area contributed by atoms with Gasteiger partial charge in [0.2, 0.25) is 5.67 Å². The van der Waals surface area contributed by atoms with E-state index in [2.05, 4.69) is 0 Å². The number of aliphatic hydroxyl groups is 1. The van der Waals surface area contributed by atoms with E-state index in [0.717, 1.165) is 6.07 Å². The lowest BCUT2D eigenvalue weighted by Crippen LogP contribution is -2.52. The zero-order valence-electron chi connectivity index (χ0n) is 17.6. The molecule has 0 radical (unpaired) electrons. The van der Waals surface area contributed by atoms with Crippen LogP contribution in [0, 0.1) is 11.7 Å². The minimum atomic E-state index is -2.94. The molecule has 1 saturated carbocycles. The molecule has 1 aliphatic rings. The summed E-state index contributed by atoms with van der Waals surface area (Å²) >= 11 is 5.94. The molecule has 172 valence electrons.